The predicted molar refractivity (Wildman–Crippen MR) is 169 cm³/mol. The molecule has 1 saturated heterocycles. The van der Waals surface area contributed by atoms with Crippen molar-refractivity contribution < 1.29 is 35.8 Å². The first-order valence-corrected chi connectivity index (χ1v) is 16.3. The summed E-state index contributed by atoms with van der Waals surface area (Å²) in [7, 11) is 2.14. The summed E-state index contributed by atoms with van der Waals surface area (Å²) in [5.74, 6) is 0.0740. The van der Waals surface area contributed by atoms with Crippen LogP contribution in [0.2, 0.25) is 0 Å². The van der Waals surface area contributed by atoms with Crippen molar-refractivity contribution in [2.45, 2.75) is 82.3 Å². The summed E-state index contributed by atoms with van der Waals surface area (Å²) in [5, 5.41) is 13.1. The van der Waals surface area contributed by atoms with Crippen molar-refractivity contribution in [3.8, 4) is 11.1 Å². The standard InChI is InChI=1S/C35H38F7N5O/c1-46-13-11-21(12-14-46)3-2-4-22-5-10-28(31(36)15-22)30-20-47(26-6-8-27(48)9-7-26)32-29(30)19-43-33(45-32)44-25-17-23(34(37,38)39)16-24(18-25)35(40,41)42/h5,10,15-21,26-27,48H,2-4,6-9,11-14H2,1H3,(H,43,44,45). The first-order chi connectivity index (χ1) is 22.7. The molecule has 2 aromatic carbocycles. The normalized spacial score (nSPS) is 20.0. The Morgan fingerprint density at radius 2 is 1.54 bits per heavy atom. The minimum absolute atomic E-state index is 0.0552. The lowest BCUT2D eigenvalue weighted by molar-refractivity contribution is -0.143. The monoisotopic (exact) mass is 677 g/mol. The Kier molecular flexibility index (Phi) is 9.72. The predicted octanol–water partition coefficient (Wildman–Crippen LogP) is 9.16. The molecular formula is C35H38F7N5O. The van der Waals surface area contributed by atoms with Gasteiger partial charge < -0.3 is 19.9 Å². The molecule has 0 amide bonds. The van der Waals surface area contributed by atoms with Crippen LogP contribution in [-0.4, -0.2) is 50.8 Å². The molecule has 13 heteroatoms. The molecule has 3 heterocycles. The lowest BCUT2D eigenvalue weighted by Gasteiger charge is -2.28. The van der Waals surface area contributed by atoms with E-state index in [1.54, 1.807) is 18.3 Å². The molecule has 2 aromatic heterocycles. The second-order valence-corrected chi connectivity index (χ2v) is 13.2. The highest BCUT2D eigenvalue weighted by atomic mass is 19.4. The SMILES string of the molecule is CN1CCC(CCCc2ccc(-c3cn(C4CCC(O)CC4)c4nc(Nc5cc(C(F)(F)F)cc(C(F)(F)F)c5)ncc34)c(F)c2)CC1. The van der Waals surface area contributed by atoms with Crippen LogP contribution in [0.25, 0.3) is 22.2 Å². The summed E-state index contributed by atoms with van der Waals surface area (Å²) < 4.78 is 98.4. The average molecular weight is 678 g/mol. The van der Waals surface area contributed by atoms with Crippen LogP contribution >= 0.6 is 0 Å². The van der Waals surface area contributed by atoms with Gasteiger partial charge in [-0.15, -0.1) is 0 Å². The van der Waals surface area contributed by atoms with Gasteiger partial charge in [-0.2, -0.15) is 31.3 Å². The fourth-order valence-corrected chi connectivity index (χ4v) is 6.95. The van der Waals surface area contributed by atoms with Gasteiger partial charge >= 0.3 is 12.4 Å². The van der Waals surface area contributed by atoms with E-state index in [0.717, 1.165) is 37.9 Å². The van der Waals surface area contributed by atoms with Gasteiger partial charge in [0.25, 0.3) is 0 Å². The number of halogens is 7. The van der Waals surface area contributed by atoms with Crippen LogP contribution in [-0.2, 0) is 18.8 Å². The highest BCUT2D eigenvalue weighted by molar-refractivity contribution is 5.94. The fraction of sp³-hybridized carbons (Fsp3) is 0.486. The quantitative estimate of drug-likeness (QED) is 0.182. The maximum atomic E-state index is 15.7. The smallest absolute Gasteiger partial charge is 0.393 e. The molecule has 6 rings (SSSR count). The number of aliphatic hydroxyl groups excluding tert-OH is 1. The second-order valence-electron chi connectivity index (χ2n) is 13.2. The molecule has 2 fully saturated rings. The van der Waals surface area contributed by atoms with E-state index in [4.69, 9.17) is 0 Å². The molecule has 2 N–H and O–H groups in total. The average Bonchev–Trinajstić information content (AvgIpc) is 3.40. The van der Waals surface area contributed by atoms with Crippen molar-refractivity contribution in [3.63, 3.8) is 0 Å². The van der Waals surface area contributed by atoms with Gasteiger partial charge in [-0.25, -0.2) is 9.37 Å². The first kappa shape index (κ1) is 34.2. The number of piperidine rings is 1. The Bertz CT molecular complexity index is 1700. The van der Waals surface area contributed by atoms with Crippen LogP contribution in [0.1, 0.15) is 74.1 Å². The van der Waals surface area contributed by atoms with Crippen LogP contribution in [0.3, 0.4) is 0 Å². The third-order valence-corrected chi connectivity index (χ3v) is 9.71. The highest BCUT2D eigenvalue weighted by Crippen LogP contribution is 2.40. The summed E-state index contributed by atoms with van der Waals surface area (Å²) in [4.78, 5) is 11.1. The number of aliphatic hydroxyl groups is 1. The van der Waals surface area contributed by atoms with Crippen LogP contribution < -0.4 is 5.32 Å². The van der Waals surface area contributed by atoms with Crippen LogP contribution in [0, 0.1) is 11.7 Å². The summed E-state index contributed by atoms with van der Waals surface area (Å²) >= 11 is 0. The molecular weight excluding hydrogens is 639 g/mol. The molecule has 1 aliphatic carbocycles. The van der Waals surface area contributed by atoms with Crippen molar-refractivity contribution in [3.05, 3.63) is 71.3 Å². The van der Waals surface area contributed by atoms with Gasteiger partial charge in [-0.3, -0.25) is 0 Å². The third kappa shape index (κ3) is 7.78. The van der Waals surface area contributed by atoms with E-state index in [1.807, 2.05) is 10.6 Å². The zero-order valence-electron chi connectivity index (χ0n) is 26.5. The first-order valence-electron chi connectivity index (χ1n) is 16.3. The minimum atomic E-state index is -5.01. The number of benzene rings is 2. The van der Waals surface area contributed by atoms with Crippen molar-refractivity contribution in [1.29, 1.82) is 0 Å². The number of hydrogen-bond acceptors (Lipinski definition) is 5. The van der Waals surface area contributed by atoms with Gasteiger partial charge in [0.05, 0.1) is 17.2 Å². The van der Waals surface area contributed by atoms with Crippen molar-refractivity contribution >= 4 is 22.7 Å². The second kappa shape index (κ2) is 13.7. The number of hydrogen-bond donors (Lipinski definition) is 2. The Hall–Kier alpha value is -3.71. The molecule has 4 aromatic rings. The van der Waals surface area contributed by atoms with Gasteiger partial charge in [0, 0.05) is 40.6 Å². The van der Waals surface area contributed by atoms with Crippen LogP contribution in [0.4, 0.5) is 42.4 Å². The number of nitrogens with one attached hydrogen (secondary N) is 1. The topological polar surface area (TPSA) is 66.2 Å². The summed E-state index contributed by atoms with van der Waals surface area (Å²) in [6.45, 7) is 2.21. The number of fused-ring (bicyclic) bond motifs is 1. The molecule has 258 valence electrons. The molecule has 48 heavy (non-hydrogen) atoms. The summed E-state index contributed by atoms with van der Waals surface area (Å²) in [6.07, 6.45) is 0.224. The number of alkyl halides is 6. The number of nitrogens with zero attached hydrogens (tertiary/aromatic N) is 4. The molecule has 2 aliphatic rings. The van der Waals surface area contributed by atoms with Gasteiger partial charge in [-0.1, -0.05) is 18.6 Å². The number of rotatable bonds is 8. The Morgan fingerprint density at radius 3 is 2.17 bits per heavy atom. The molecule has 1 aliphatic heterocycles. The molecule has 6 nitrogen and oxygen atoms in total. The van der Waals surface area contributed by atoms with E-state index in [0.29, 0.717) is 65.9 Å². The molecule has 1 saturated carbocycles. The molecule has 0 atom stereocenters. The number of likely N-dealkylation sites (tertiary alicyclic amines) is 1. The number of aryl methyl sites for hydroxylation is 1. The van der Waals surface area contributed by atoms with Gasteiger partial charge in [0.15, 0.2) is 0 Å². The van der Waals surface area contributed by atoms with E-state index >= 15 is 4.39 Å². The Morgan fingerprint density at radius 1 is 0.875 bits per heavy atom. The van der Waals surface area contributed by atoms with Gasteiger partial charge in [-0.05, 0) is 107 Å². The lowest BCUT2D eigenvalue weighted by Crippen LogP contribution is -2.30. The summed E-state index contributed by atoms with van der Waals surface area (Å²) in [6, 6.07) is 6.28. The number of aromatic nitrogens is 3. The van der Waals surface area contributed by atoms with E-state index in [2.05, 4.69) is 27.2 Å². The highest BCUT2D eigenvalue weighted by Gasteiger charge is 2.37. The van der Waals surface area contributed by atoms with E-state index in [9.17, 15) is 31.4 Å². The molecule has 0 radical (unpaired) electrons. The van der Waals surface area contributed by atoms with Crippen molar-refractivity contribution in [2.75, 3.05) is 25.5 Å². The number of anilines is 2. The van der Waals surface area contributed by atoms with Crippen molar-refractivity contribution in [2.24, 2.45) is 5.92 Å². The summed E-state index contributed by atoms with van der Waals surface area (Å²) in [5.41, 5.74) is -1.29. The van der Waals surface area contributed by atoms with E-state index in [1.165, 1.54) is 19.0 Å². The Labute approximate surface area is 274 Å². The molecule has 0 bridgehead atoms. The maximum absolute atomic E-state index is 15.7. The van der Waals surface area contributed by atoms with E-state index < -0.39 is 41.1 Å². The van der Waals surface area contributed by atoms with Gasteiger partial charge in [0.1, 0.15) is 11.5 Å². The maximum Gasteiger partial charge on any atom is 0.416 e. The molecule has 0 unspecified atom stereocenters. The lowest BCUT2D eigenvalue weighted by atomic mass is 9.91. The van der Waals surface area contributed by atoms with Crippen molar-refractivity contribution in [1.82, 2.24) is 19.4 Å². The van der Waals surface area contributed by atoms with Gasteiger partial charge in [0.2, 0.25) is 5.95 Å². The van der Waals surface area contributed by atoms with Crippen LogP contribution in [0.15, 0.2) is 48.8 Å². The van der Waals surface area contributed by atoms with E-state index in [-0.39, 0.29) is 18.1 Å². The fourth-order valence-electron chi connectivity index (χ4n) is 6.95. The Balaban J connectivity index is 1.30. The zero-order valence-corrected chi connectivity index (χ0v) is 26.5. The zero-order chi connectivity index (χ0) is 34.2. The third-order valence-electron chi connectivity index (χ3n) is 9.71. The largest absolute Gasteiger partial charge is 0.416 e. The minimum Gasteiger partial charge on any atom is -0.393 e. The molecule has 0 spiro atoms. The van der Waals surface area contributed by atoms with Crippen LogP contribution in [0.5, 0.6) is 0 Å².